The molecule has 3 aromatic rings. The molecule has 2 heterocycles. The van der Waals surface area contributed by atoms with Crippen LogP contribution in [-0.2, 0) is 19.1 Å². The smallest absolute Gasteiger partial charge is 0.341 e. The Hall–Kier alpha value is -2.97. The highest BCUT2D eigenvalue weighted by molar-refractivity contribution is 7.17. The number of hydrogen-bond acceptors (Lipinski definition) is 7. The van der Waals surface area contributed by atoms with E-state index in [9.17, 15) is 14.4 Å². The van der Waals surface area contributed by atoms with Crippen LogP contribution in [0.25, 0.3) is 10.4 Å². The summed E-state index contributed by atoms with van der Waals surface area (Å²) in [6.45, 7) is 1.24. The summed E-state index contributed by atoms with van der Waals surface area (Å²) >= 11 is 2.69. The number of thiophene rings is 2. The normalized spacial score (nSPS) is 11.5. The summed E-state index contributed by atoms with van der Waals surface area (Å²) in [4.78, 5) is 37.6. The van der Waals surface area contributed by atoms with Gasteiger partial charge in [-0.25, -0.2) is 4.79 Å². The molecule has 1 atom stereocenters. The number of rotatable bonds is 6. The molecule has 0 unspecified atom stereocenters. The van der Waals surface area contributed by atoms with Crippen molar-refractivity contribution in [1.29, 1.82) is 0 Å². The van der Waals surface area contributed by atoms with Gasteiger partial charge in [-0.2, -0.15) is 0 Å². The van der Waals surface area contributed by atoms with Crippen LogP contribution in [0.4, 0.5) is 5.00 Å². The van der Waals surface area contributed by atoms with Gasteiger partial charge in [0.2, 0.25) is 6.10 Å². The third kappa shape index (κ3) is 4.29. The monoisotopic (exact) mass is 415 g/mol. The molecule has 0 aliphatic rings. The molecule has 0 fully saturated rings. The molecule has 144 valence electrons. The molecule has 3 rings (SSSR count). The number of anilines is 1. The lowest BCUT2D eigenvalue weighted by Gasteiger charge is -2.17. The van der Waals surface area contributed by atoms with E-state index < -0.39 is 23.9 Å². The summed E-state index contributed by atoms with van der Waals surface area (Å²) in [7, 11) is 1.29. The van der Waals surface area contributed by atoms with Gasteiger partial charge in [-0.1, -0.05) is 36.4 Å². The van der Waals surface area contributed by atoms with Crippen molar-refractivity contribution in [3.8, 4) is 10.4 Å². The summed E-state index contributed by atoms with van der Waals surface area (Å²) < 4.78 is 10.1. The van der Waals surface area contributed by atoms with E-state index in [1.165, 1.54) is 36.7 Å². The van der Waals surface area contributed by atoms with E-state index in [4.69, 9.17) is 9.47 Å². The third-order valence-electron chi connectivity index (χ3n) is 3.83. The van der Waals surface area contributed by atoms with Gasteiger partial charge in [0.05, 0.1) is 7.11 Å². The van der Waals surface area contributed by atoms with E-state index in [2.05, 4.69) is 5.32 Å². The van der Waals surface area contributed by atoms with E-state index in [1.54, 1.807) is 35.7 Å². The van der Waals surface area contributed by atoms with Crippen molar-refractivity contribution >= 4 is 45.5 Å². The van der Waals surface area contributed by atoms with Crippen LogP contribution >= 0.6 is 22.7 Å². The topological polar surface area (TPSA) is 81.7 Å². The Labute approximate surface area is 169 Å². The first-order valence-electron chi connectivity index (χ1n) is 8.28. The molecule has 1 N–H and O–H groups in total. The summed E-state index contributed by atoms with van der Waals surface area (Å²) in [5, 5.41) is 6.75. The minimum atomic E-state index is -1.13. The van der Waals surface area contributed by atoms with Crippen molar-refractivity contribution in [2.75, 3.05) is 12.4 Å². The van der Waals surface area contributed by atoms with Crippen LogP contribution in [0, 0.1) is 0 Å². The second-order valence-corrected chi connectivity index (χ2v) is 7.54. The molecule has 0 spiro atoms. The lowest BCUT2D eigenvalue weighted by atomic mass is 10.1. The van der Waals surface area contributed by atoms with Gasteiger partial charge < -0.3 is 14.8 Å². The highest BCUT2D eigenvalue weighted by atomic mass is 32.1. The van der Waals surface area contributed by atoms with Crippen molar-refractivity contribution in [3.05, 3.63) is 64.4 Å². The zero-order valence-electron chi connectivity index (χ0n) is 15.1. The maximum atomic E-state index is 12.9. The maximum Gasteiger partial charge on any atom is 0.341 e. The second-order valence-electron chi connectivity index (χ2n) is 5.71. The predicted molar refractivity (Wildman–Crippen MR) is 109 cm³/mol. The van der Waals surface area contributed by atoms with E-state index in [0.29, 0.717) is 16.1 Å². The van der Waals surface area contributed by atoms with Crippen LogP contribution in [0.2, 0.25) is 0 Å². The van der Waals surface area contributed by atoms with Gasteiger partial charge in [0, 0.05) is 28.3 Å². The number of carbonyl (C=O) groups excluding carboxylic acids is 3. The lowest BCUT2D eigenvalue weighted by molar-refractivity contribution is -0.152. The molecule has 28 heavy (non-hydrogen) atoms. The standard InChI is InChI=1S/C20H17NO5S2/c1-12(22)26-17(13-7-4-3-5-8-13)18(23)21-19-16(20(24)25-2)14(11-28-19)15-9-6-10-27-15/h3-11,17H,1-2H3,(H,21,23)/t17-/m0/s1. The first-order valence-corrected chi connectivity index (χ1v) is 10.0. The van der Waals surface area contributed by atoms with Crippen LogP contribution in [-0.4, -0.2) is 25.0 Å². The average molecular weight is 415 g/mol. The summed E-state index contributed by atoms with van der Waals surface area (Å²) in [5.41, 5.74) is 1.49. The number of benzene rings is 1. The number of amides is 1. The molecule has 8 heteroatoms. The van der Waals surface area contributed by atoms with Gasteiger partial charge >= 0.3 is 11.9 Å². The molecule has 0 bridgehead atoms. The van der Waals surface area contributed by atoms with Crippen LogP contribution in [0.3, 0.4) is 0 Å². The van der Waals surface area contributed by atoms with Gasteiger partial charge in [0.25, 0.3) is 5.91 Å². The highest BCUT2D eigenvalue weighted by Crippen LogP contribution is 2.38. The molecular weight excluding hydrogens is 398 g/mol. The SMILES string of the molecule is COC(=O)c1c(-c2cccs2)csc1NC(=O)[C@@H](OC(C)=O)c1ccccc1. The number of hydrogen-bond donors (Lipinski definition) is 1. The van der Waals surface area contributed by atoms with E-state index in [0.717, 1.165) is 4.88 Å². The molecule has 0 radical (unpaired) electrons. The van der Waals surface area contributed by atoms with Crippen LogP contribution in [0.15, 0.2) is 53.2 Å². The van der Waals surface area contributed by atoms with Crippen molar-refractivity contribution in [1.82, 2.24) is 0 Å². The zero-order chi connectivity index (χ0) is 20.1. The average Bonchev–Trinajstić information content (AvgIpc) is 3.35. The molecule has 1 amide bonds. The lowest BCUT2D eigenvalue weighted by Crippen LogP contribution is -2.25. The second kappa shape index (κ2) is 8.81. The van der Waals surface area contributed by atoms with Crippen molar-refractivity contribution in [2.24, 2.45) is 0 Å². The number of ether oxygens (including phenoxy) is 2. The molecule has 0 aliphatic heterocycles. The number of carbonyl (C=O) groups is 3. The van der Waals surface area contributed by atoms with Crippen molar-refractivity contribution in [3.63, 3.8) is 0 Å². The highest BCUT2D eigenvalue weighted by Gasteiger charge is 2.28. The van der Waals surface area contributed by atoms with Crippen molar-refractivity contribution < 1.29 is 23.9 Å². The third-order valence-corrected chi connectivity index (χ3v) is 5.63. The molecule has 0 saturated carbocycles. The molecular formula is C20H17NO5S2. The van der Waals surface area contributed by atoms with E-state index in [1.807, 2.05) is 17.5 Å². The molecule has 1 aromatic carbocycles. The zero-order valence-corrected chi connectivity index (χ0v) is 16.8. The summed E-state index contributed by atoms with van der Waals surface area (Å²) in [6.07, 6.45) is -1.13. The Morgan fingerprint density at radius 1 is 1.04 bits per heavy atom. The fourth-order valence-electron chi connectivity index (χ4n) is 2.61. The number of nitrogens with one attached hydrogen (secondary N) is 1. The van der Waals surface area contributed by atoms with Gasteiger partial charge in [0.1, 0.15) is 10.6 Å². The Morgan fingerprint density at radius 2 is 1.79 bits per heavy atom. The van der Waals surface area contributed by atoms with Crippen LogP contribution < -0.4 is 5.32 Å². The first kappa shape index (κ1) is 19.8. The summed E-state index contributed by atoms with van der Waals surface area (Å²) in [5.74, 6) is -1.68. The Balaban J connectivity index is 1.94. The molecule has 6 nitrogen and oxygen atoms in total. The van der Waals surface area contributed by atoms with E-state index >= 15 is 0 Å². The van der Waals surface area contributed by atoms with E-state index in [-0.39, 0.29) is 5.56 Å². The summed E-state index contributed by atoms with van der Waals surface area (Å²) in [6, 6.07) is 12.4. The molecule has 0 saturated heterocycles. The minimum absolute atomic E-state index is 0.276. The van der Waals surface area contributed by atoms with Crippen molar-refractivity contribution in [2.45, 2.75) is 13.0 Å². The van der Waals surface area contributed by atoms with Gasteiger partial charge in [-0.15, -0.1) is 22.7 Å². The van der Waals surface area contributed by atoms with Crippen LogP contribution in [0.5, 0.6) is 0 Å². The Morgan fingerprint density at radius 3 is 2.39 bits per heavy atom. The Bertz CT molecular complexity index is 979. The van der Waals surface area contributed by atoms with Gasteiger partial charge in [-0.05, 0) is 11.4 Å². The largest absolute Gasteiger partial charge is 0.465 e. The van der Waals surface area contributed by atoms with Gasteiger partial charge in [0.15, 0.2) is 0 Å². The first-order chi connectivity index (χ1) is 13.5. The van der Waals surface area contributed by atoms with Gasteiger partial charge in [-0.3, -0.25) is 9.59 Å². The molecule has 0 aliphatic carbocycles. The Kier molecular flexibility index (Phi) is 6.23. The molecule has 2 aromatic heterocycles. The predicted octanol–water partition coefficient (Wildman–Crippen LogP) is 4.51. The maximum absolute atomic E-state index is 12.9. The fourth-order valence-corrected chi connectivity index (χ4v) is 4.39. The quantitative estimate of drug-likeness (QED) is 0.599. The number of esters is 2. The van der Waals surface area contributed by atoms with Crippen LogP contribution in [0.1, 0.15) is 28.9 Å². The fraction of sp³-hybridized carbons (Fsp3) is 0.150. The minimum Gasteiger partial charge on any atom is -0.465 e. The number of methoxy groups -OCH3 is 1.